The normalized spacial score (nSPS) is 16.4. The maximum atomic E-state index is 5.80. The molecular formula is C15H20N4O. The van der Waals surface area contributed by atoms with Gasteiger partial charge in [0.25, 0.3) is 0 Å². The summed E-state index contributed by atoms with van der Waals surface area (Å²) >= 11 is 0. The number of piperazine rings is 1. The van der Waals surface area contributed by atoms with Crippen molar-refractivity contribution in [3.63, 3.8) is 0 Å². The number of nitrogens with one attached hydrogen (secondary N) is 1. The molecule has 0 atom stereocenters. The zero-order valence-corrected chi connectivity index (χ0v) is 11.6. The Morgan fingerprint density at radius 1 is 1.10 bits per heavy atom. The first-order chi connectivity index (χ1) is 9.92. The highest BCUT2D eigenvalue weighted by Gasteiger charge is 2.08. The molecule has 106 valence electrons. The highest BCUT2D eigenvalue weighted by molar-refractivity contribution is 5.75. The van der Waals surface area contributed by atoms with Gasteiger partial charge in [0.05, 0.1) is 17.6 Å². The van der Waals surface area contributed by atoms with Crippen LogP contribution in [0.2, 0.25) is 0 Å². The molecule has 20 heavy (non-hydrogen) atoms. The van der Waals surface area contributed by atoms with Crippen LogP contribution >= 0.6 is 0 Å². The van der Waals surface area contributed by atoms with E-state index in [9.17, 15) is 0 Å². The van der Waals surface area contributed by atoms with Crippen LogP contribution in [0.3, 0.4) is 0 Å². The molecule has 1 fully saturated rings. The van der Waals surface area contributed by atoms with Gasteiger partial charge in [-0.25, -0.2) is 0 Å². The van der Waals surface area contributed by atoms with Crippen molar-refractivity contribution in [1.82, 2.24) is 20.2 Å². The maximum absolute atomic E-state index is 5.80. The van der Waals surface area contributed by atoms with E-state index >= 15 is 0 Å². The monoisotopic (exact) mass is 272 g/mol. The number of hydrogen-bond acceptors (Lipinski definition) is 5. The van der Waals surface area contributed by atoms with E-state index in [4.69, 9.17) is 4.74 Å². The Morgan fingerprint density at radius 2 is 1.90 bits per heavy atom. The lowest BCUT2D eigenvalue weighted by atomic mass is 10.3. The Morgan fingerprint density at radius 3 is 2.75 bits per heavy atom. The first-order valence-electron chi connectivity index (χ1n) is 7.18. The number of ether oxygens (including phenoxy) is 1. The average Bonchev–Trinajstić information content (AvgIpc) is 2.52. The molecule has 0 radical (unpaired) electrons. The van der Waals surface area contributed by atoms with Crippen LogP contribution in [0.15, 0.2) is 30.6 Å². The van der Waals surface area contributed by atoms with E-state index in [1.165, 1.54) is 0 Å². The van der Waals surface area contributed by atoms with E-state index in [-0.39, 0.29) is 0 Å². The molecule has 0 unspecified atom stereocenters. The smallest absolute Gasteiger partial charge is 0.121 e. The second-order valence-electron chi connectivity index (χ2n) is 5.00. The minimum Gasteiger partial charge on any atom is -0.493 e. The quantitative estimate of drug-likeness (QED) is 0.832. The minimum atomic E-state index is 0.746. The van der Waals surface area contributed by atoms with Crippen molar-refractivity contribution in [3.8, 4) is 5.75 Å². The van der Waals surface area contributed by atoms with Crippen LogP contribution in [-0.4, -0.2) is 54.2 Å². The van der Waals surface area contributed by atoms with Gasteiger partial charge in [0, 0.05) is 51.2 Å². The second-order valence-corrected chi connectivity index (χ2v) is 5.00. The fourth-order valence-corrected chi connectivity index (χ4v) is 2.45. The summed E-state index contributed by atoms with van der Waals surface area (Å²) in [6, 6.07) is 5.86. The van der Waals surface area contributed by atoms with E-state index in [1.54, 1.807) is 12.4 Å². The Kier molecular flexibility index (Phi) is 4.40. The van der Waals surface area contributed by atoms with Gasteiger partial charge in [-0.15, -0.1) is 0 Å². The van der Waals surface area contributed by atoms with Gasteiger partial charge in [-0.05, 0) is 18.6 Å². The second kappa shape index (κ2) is 6.63. The fraction of sp³-hybridized carbons (Fsp3) is 0.467. The predicted molar refractivity (Wildman–Crippen MR) is 79.0 cm³/mol. The summed E-state index contributed by atoms with van der Waals surface area (Å²) < 4.78 is 5.80. The zero-order valence-electron chi connectivity index (χ0n) is 11.6. The fourth-order valence-electron chi connectivity index (χ4n) is 2.45. The van der Waals surface area contributed by atoms with Gasteiger partial charge >= 0.3 is 0 Å². The van der Waals surface area contributed by atoms with Crippen LogP contribution in [0.1, 0.15) is 6.42 Å². The highest BCUT2D eigenvalue weighted by Crippen LogP contribution is 2.17. The summed E-state index contributed by atoms with van der Waals surface area (Å²) in [4.78, 5) is 11.0. The molecule has 1 aliphatic rings. The van der Waals surface area contributed by atoms with Crippen molar-refractivity contribution in [2.45, 2.75) is 6.42 Å². The average molecular weight is 272 g/mol. The lowest BCUT2D eigenvalue weighted by Gasteiger charge is -2.26. The lowest BCUT2D eigenvalue weighted by Crippen LogP contribution is -2.43. The molecule has 1 saturated heterocycles. The third-order valence-electron chi connectivity index (χ3n) is 3.54. The number of fused-ring (bicyclic) bond motifs is 1. The number of hydrogen-bond donors (Lipinski definition) is 1. The molecule has 1 aromatic heterocycles. The van der Waals surface area contributed by atoms with Crippen molar-refractivity contribution in [2.75, 3.05) is 39.3 Å². The van der Waals surface area contributed by atoms with Gasteiger partial charge in [-0.2, -0.15) is 0 Å². The van der Waals surface area contributed by atoms with Crippen LogP contribution in [0.5, 0.6) is 5.75 Å². The molecule has 5 nitrogen and oxygen atoms in total. The van der Waals surface area contributed by atoms with Crippen molar-refractivity contribution in [3.05, 3.63) is 30.6 Å². The molecule has 2 aromatic rings. The number of rotatable bonds is 5. The van der Waals surface area contributed by atoms with Gasteiger partial charge < -0.3 is 15.0 Å². The Balaban J connectivity index is 1.47. The molecule has 0 spiro atoms. The van der Waals surface area contributed by atoms with Crippen molar-refractivity contribution in [2.24, 2.45) is 0 Å². The van der Waals surface area contributed by atoms with Crippen LogP contribution in [0, 0.1) is 0 Å². The van der Waals surface area contributed by atoms with Gasteiger partial charge in [0.2, 0.25) is 0 Å². The molecule has 0 saturated carbocycles. The standard InChI is InChI=1S/C15H20N4O/c1(8-19-9-6-16-7-10-19)11-20-13-2-3-14-15(12-13)18-5-4-17-14/h2-5,12,16H,1,6-11H2. The first kappa shape index (κ1) is 13.3. The molecule has 0 amide bonds. The molecule has 1 N–H and O–H groups in total. The molecule has 5 heteroatoms. The number of aromatic nitrogens is 2. The first-order valence-corrected chi connectivity index (χ1v) is 7.18. The van der Waals surface area contributed by atoms with E-state index < -0.39 is 0 Å². The molecule has 2 heterocycles. The summed E-state index contributed by atoms with van der Waals surface area (Å²) in [5.74, 6) is 0.873. The zero-order chi connectivity index (χ0) is 13.6. The summed E-state index contributed by atoms with van der Waals surface area (Å²) in [5.41, 5.74) is 1.78. The van der Waals surface area contributed by atoms with Gasteiger partial charge in [0.15, 0.2) is 0 Å². The topological polar surface area (TPSA) is 50.3 Å². The van der Waals surface area contributed by atoms with Gasteiger partial charge in [0.1, 0.15) is 5.75 Å². The van der Waals surface area contributed by atoms with Crippen LogP contribution < -0.4 is 10.1 Å². The minimum absolute atomic E-state index is 0.746. The predicted octanol–water partition coefficient (Wildman–Crippen LogP) is 1.30. The maximum Gasteiger partial charge on any atom is 0.121 e. The summed E-state index contributed by atoms with van der Waals surface area (Å²) in [6.45, 7) is 6.34. The molecular weight excluding hydrogens is 252 g/mol. The summed E-state index contributed by atoms with van der Waals surface area (Å²) in [5, 5.41) is 3.36. The Bertz CT molecular complexity index is 554. The summed E-state index contributed by atoms with van der Waals surface area (Å²) in [6.07, 6.45) is 4.46. The molecule has 1 aliphatic heterocycles. The van der Waals surface area contributed by atoms with Crippen molar-refractivity contribution >= 4 is 11.0 Å². The van der Waals surface area contributed by atoms with E-state index in [2.05, 4.69) is 20.2 Å². The Labute approximate surface area is 119 Å². The highest BCUT2D eigenvalue weighted by atomic mass is 16.5. The summed E-state index contributed by atoms with van der Waals surface area (Å²) in [7, 11) is 0. The molecule has 0 aliphatic carbocycles. The molecule has 3 rings (SSSR count). The lowest BCUT2D eigenvalue weighted by molar-refractivity contribution is 0.214. The van der Waals surface area contributed by atoms with Crippen LogP contribution in [0.25, 0.3) is 11.0 Å². The third kappa shape index (κ3) is 3.43. The van der Waals surface area contributed by atoms with Crippen LogP contribution in [-0.2, 0) is 0 Å². The van der Waals surface area contributed by atoms with E-state index in [1.807, 2.05) is 18.2 Å². The van der Waals surface area contributed by atoms with Gasteiger partial charge in [-0.1, -0.05) is 0 Å². The van der Waals surface area contributed by atoms with Crippen molar-refractivity contribution < 1.29 is 4.74 Å². The SMILES string of the molecule is c1cnc2cc(OCCCN3CCNCC3)ccc2n1. The molecule has 0 bridgehead atoms. The van der Waals surface area contributed by atoms with Crippen LogP contribution in [0.4, 0.5) is 0 Å². The number of benzene rings is 1. The Hall–Kier alpha value is -1.72. The number of nitrogens with zero attached hydrogens (tertiary/aromatic N) is 3. The largest absolute Gasteiger partial charge is 0.493 e. The van der Waals surface area contributed by atoms with E-state index in [0.717, 1.165) is 62.5 Å². The third-order valence-corrected chi connectivity index (χ3v) is 3.54. The van der Waals surface area contributed by atoms with Gasteiger partial charge in [-0.3, -0.25) is 9.97 Å². The molecule has 1 aromatic carbocycles. The van der Waals surface area contributed by atoms with E-state index in [0.29, 0.717) is 0 Å². The van der Waals surface area contributed by atoms with Crippen molar-refractivity contribution in [1.29, 1.82) is 0 Å².